The highest BCUT2D eigenvalue weighted by Crippen LogP contribution is 2.39. The Morgan fingerprint density at radius 1 is 0.706 bits per heavy atom. The van der Waals surface area contributed by atoms with Gasteiger partial charge in [-0.05, 0) is 48.0 Å². The second-order valence-electron chi connectivity index (χ2n) is 7.74. The molecular formula is C27H21N3O3S. The highest BCUT2D eigenvalue weighted by molar-refractivity contribution is 7.92. The minimum absolute atomic E-state index is 0.163. The highest BCUT2D eigenvalue weighted by atomic mass is 32.2. The molecule has 0 unspecified atom stereocenters. The number of carbonyl (C=O) groups is 1. The van der Waals surface area contributed by atoms with Crippen molar-refractivity contribution in [3.63, 3.8) is 0 Å². The lowest BCUT2D eigenvalue weighted by molar-refractivity contribution is -0.110. The van der Waals surface area contributed by atoms with Crippen molar-refractivity contribution in [3.8, 4) is 0 Å². The van der Waals surface area contributed by atoms with Crippen molar-refractivity contribution in [1.29, 1.82) is 0 Å². The normalized spacial score (nSPS) is 14.2. The zero-order valence-electron chi connectivity index (χ0n) is 18.0. The summed E-state index contributed by atoms with van der Waals surface area (Å²) in [6.45, 7) is 0. The van der Waals surface area contributed by atoms with Crippen LogP contribution in [-0.4, -0.2) is 14.3 Å². The molecule has 0 aliphatic carbocycles. The summed E-state index contributed by atoms with van der Waals surface area (Å²) >= 11 is 0. The molecule has 0 aromatic heterocycles. The number of anilines is 3. The Hall–Kier alpha value is -4.36. The van der Waals surface area contributed by atoms with Gasteiger partial charge in [0.15, 0.2) is 0 Å². The molecule has 0 radical (unpaired) electrons. The third-order valence-corrected chi connectivity index (χ3v) is 6.82. The van der Waals surface area contributed by atoms with Crippen LogP contribution in [0.4, 0.5) is 17.1 Å². The molecule has 1 aliphatic rings. The molecule has 1 aliphatic heterocycles. The van der Waals surface area contributed by atoms with Crippen LogP contribution in [0.3, 0.4) is 0 Å². The van der Waals surface area contributed by atoms with E-state index in [2.05, 4.69) is 15.4 Å². The van der Waals surface area contributed by atoms with Gasteiger partial charge in [-0.15, -0.1) is 0 Å². The van der Waals surface area contributed by atoms with E-state index in [-0.39, 0.29) is 10.8 Å². The van der Waals surface area contributed by atoms with Gasteiger partial charge in [0.2, 0.25) is 0 Å². The maximum atomic E-state index is 13.1. The molecule has 6 nitrogen and oxygen atoms in total. The van der Waals surface area contributed by atoms with Crippen molar-refractivity contribution >= 4 is 44.3 Å². The monoisotopic (exact) mass is 467 g/mol. The fourth-order valence-corrected chi connectivity index (χ4v) is 4.91. The van der Waals surface area contributed by atoms with E-state index in [4.69, 9.17) is 0 Å². The number of amides is 1. The van der Waals surface area contributed by atoms with Gasteiger partial charge in [-0.25, -0.2) is 8.42 Å². The number of nitrogens with one attached hydrogen (secondary N) is 3. The van der Waals surface area contributed by atoms with Crippen molar-refractivity contribution < 1.29 is 13.2 Å². The molecule has 0 saturated heterocycles. The summed E-state index contributed by atoms with van der Waals surface area (Å²) < 4.78 is 28.3. The average Bonchev–Trinajstić information content (AvgIpc) is 3.19. The summed E-state index contributed by atoms with van der Waals surface area (Å²) in [6, 6.07) is 32.3. The van der Waals surface area contributed by atoms with Crippen LogP contribution in [-0.2, 0) is 14.8 Å². The first-order valence-electron chi connectivity index (χ1n) is 10.7. The molecule has 1 heterocycles. The molecule has 34 heavy (non-hydrogen) atoms. The van der Waals surface area contributed by atoms with Crippen molar-refractivity contribution in [2.75, 3.05) is 15.4 Å². The minimum atomic E-state index is -3.77. The van der Waals surface area contributed by atoms with Gasteiger partial charge >= 0.3 is 0 Å². The quantitative estimate of drug-likeness (QED) is 0.331. The fraction of sp³-hybridized carbons (Fsp3) is 0. The van der Waals surface area contributed by atoms with Gasteiger partial charge in [0.1, 0.15) is 0 Å². The number of rotatable bonds is 6. The Labute approximate surface area is 198 Å². The molecule has 0 spiro atoms. The summed E-state index contributed by atoms with van der Waals surface area (Å²) in [5.41, 5.74) is 4.32. The second kappa shape index (κ2) is 8.88. The predicted octanol–water partition coefficient (Wildman–Crippen LogP) is 5.42. The van der Waals surface area contributed by atoms with Crippen molar-refractivity contribution in [2.45, 2.75) is 4.90 Å². The van der Waals surface area contributed by atoms with Gasteiger partial charge in [-0.1, -0.05) is 66.7 Å². The van der Waals surface area contributed by atoms with Crippen LogP contribution in [0.25, 0.3) is 11.3 Å². The fourth-order valence-electron chi connectivity index (χ4n) is 3.84. The second-order valence-corrected chi connectivity index (χ2v) is 9.42. The lowest BCUT2D eigenvalue weighted by Crippen LogP contribution is -2.13. The molecule has 4 aromatic carbocycles. The van der Waals surface area contributed by atoms with E-state index in [9.17, 15) is 13.2 Å². The van der Waals surface area contributed by atoms with Gasteiger partial charge in [0.25, 0.3) is 15.9 Å². The number of benzene rings is 4. The highest BCUT2D eigenvalue weighted by Gasteiger charge is 2.29. The Kier molecular flexibility index (Phi) is 5.61. The molecule has 1 amide bonds. The van der Waals surface area contributed by atoms with Crippen molar-refractivity contribution in [2.24, 2.45) is 0 Å². The van der Waals surface area contributed by atoms with Gasteiger partial charge in [0, 0.05) is 22.6 Å². The first-order chi connectivity index (χ1) is 16.5. The van der Waals surface area contributed by atoms with E-state index in [0.29, 0.717) is 28.2 Å². The third-order valence-electron chi connectivity index (χ3n) is 5.43. The molecule has 7 heteroatoms. The molecule has 0 saturated carbocycles. The molecule has 4 aromatic rings. The number of para-hydroxylation sites is 1. The molecular weight excluding hydrogens is 446 g/mol. The lowest BCUT2D eigenvalue weighted by atomic mass is 9.99. The summed E-state index contributed by atoms with van der Waals surface area (Å²) in [5, 5.41) is 6.27. The maximum Gasteiger partial charge on any atom is 0.261 e. The Morgan fingerprint density at radius 2 is 1.32 bits per heavy atom. The molecule has 0 fully saturated rings. The number of carbonyl (C=O) groups excluding carboxylic acids is 1. The molecule has 168 valence electrons. The van der Waals surface area contributed by atoms with Crippen LogP contribution < -0.4 is 15.4 Å². The van der Waals surface area contributed by atoms with Crippen LogP contribution in [0.15, 0.2) is 114 Å². The Bertz CT molecular complexity index is 1480. The standard InChI is InChI=1S/C27H21N3O3S/c31-27-25(26(19-10-4-1-5-11-19)28-20-12-6-2-7-13-20)23-18-21(16-17-24(23)29-27)30-34(32,33)22-14-8-3-9-15-22/h1-18,28,30H,(H,29,31)/b26-25-. The maximum absolute atomic E-state index is 13.1. The van der Waals surface area contributed by atoms with E-state index in [1.807, 2.05) is 60.7 Å². The van der Waals surface area contributed by atoms with Gasteiger partial charge in [-0.2, -0.15) is 0 Å². The minimum Gasteiger partial charge on any atom is -0.354 e. The van der Waals surface area contributed by atoms with E-state index >= 15 is 0 Å². The van der Waals surface area contributed by atoms with Gasteiger partial charge in [0.05, 0.1) is 16.2 Å². The van der Waals surface area contributed by atoms with E-state index in [1.54, 1.807) is 36.4 Å². The van der Waals surface area contributed by atoms with Crippen LogP contribution >= 0.6 is 0 Å². The molecule has 0 bridgehead atoms. The van der Waals surface area contributed by atoms with E-state index in [0.717, 1.165) is 11.3 Å². The summed E-state index contributed by atoms with van der Waals surface area (Å²) in [7, 11) is -3.77. The largest absolute Gasteiger partial charge is 0.354 e. The van der Waals surface area contributed by atoms with Crippen LogP contribution in [0.2, 0.25) is 0 Å². The number of fused-ring (bicyclic) bond motifs is 1. The van der Waals surface area contributed by atoms with Gasteiger partial charge < -0.3 is 10.6 Å². The van der Waals surface area contributed by atoms with Crippen molar-refractivity contribution in [1.82, 2.24) is 0 Å². The zero-order chi connectivity index (χ0) is 23.5. The Morgan fingerprint density at radius 3 is 2.00 bits per heavy atom. The Balaban J connectivity index is 1.61. The number of sulfonamides is 1. The molecule has 5 rings (SSSR count). The summed E-state index contributed by atoms with van der Waals surface area (Å²) in [4.78, 5) is 13.3. The first kappa shape index (κ1) is 21.5. The first-order valence-corrected chi connectivity index (χ1v) is 12.1. The van der Waals surface area contributed by atoms with E-state index in [1.165, 1.54) is 12.1 Å². The average molecular weight is 468 g/mol. The van der Waals surface area contributed by atoms with Crippen LogP contribution in [0.1, 0.15) is 11.1 Å². The van der Waals surface area contributed by atoms with Crippen LogP contribution in [0.5, 0.6) is 0 Å². The molecule has 0 atom stereocenters. The lowest BCUT2D eigenvalue weighted by Gasteiger charge is -2.15. The van der Waals surface area contributed by atoms with Crippen LogP contribution in [0, 0.1) is 0 Å². The zero-order valence-corrected chi connectivity index (χ0v) is 18.8. The van der Waals surface area contributed by atoms with Crippen molar-refractivity contribution in [3.05, 3.63) is 120 Å². The predicted molar refractivity (Wildman–Crippen MR) is 136 cm³/mol. The topological polar surface area (TPSA) is 87.3 Å². The summed E-state index contributed by atoms with van der Waals surface area (Å²) in [5.74, 6) is -0.264. The van der Waals surface area contributed by atoms with Gasteiger partial charge in [-0.3, -0.25) is 9.52 Å². The SMILES string of the molecule is O=C1Nc2ccc(NS(=O)(=O)c3ccccc3)cc2/C1=C(/Nc1ccccc1)c1ccccc1. The smallest absolute Gasteiger partial charge is 0.261 e. The number of hydrogen-bond acceptors (Lipinski definition) is 4. The molecule has 3 N–H and O–H groups in total. The summed E-state index contributed by atoms with van der Waals surface area (Å²) in [6.07, 6.45) is 0. The third kappa shape index (κ3) is 4.29. The van der Waals surface area contributed by atoms with E-state index < -0.39 is 10.0 Å². The number of hydrogen-bond donors (Lipinski definition) is 3.